The number of benzene rings is 2. The Morgan fingerprint density at radius 1 is 1.21 bits per heavy atom. The van der Waals surface area contributed by atoms with Gasteiger partial charge < -0.3 is 14.8 Å². The summed E-state index contributed by atoms with van der Waals surface area (Å²) in [5.74, 6) is 0.967. The maximum Gasteiger partial charge on any atom is 0.234 e. The second-order valence-electron chi connectivity index (χ2n) is 6.32. The summed E-state index contributed by atoms with van der Waals surface area (Å²) in [6.45, 7) is 1.63. The van der Waals surface area contributed by atoms with Crippen LogP contribution in [0, 0.1) is 11.3 Å². The molecule has 0 radical (unpaired) electrons. The van der Waals surface area contributed by atoms with Crippen LogP contribution < -0.4 is 14.8 Å². The molecular formula is C21H15N3O4S. The molecule has 2 aromatic carbocycles. The van der Waals surface area contributed by atoms with Gasteiger partial charge in [-0.1, -0.05) is 23.9 Å². The Morgan fingerprint density at radius 3 is 2.76 bits per heavy atom. The van der Waals surface area contributed by atoms with Crippen molar-refractivity contribution in [2.75, 3.05) is 17.9 Å². The van der Waals surface area contributed by atoms with Crippen LogP contribution >= 0.6 is 11.8 Å². The smallest absolute Gasteiger partial charge is 0.234 e. The van der Waals surface area contributed by atoms with Crippen molar-refractivity contribution in [2.45, 2.75) is 11.9 Å². The molecule has 0 unspecified atom stereocenters. The fourth-order valence-electron chi connectivity index (χ4n) is 2.88. The lowest BCUT2D eigenvalue weighted by Gasteiger charge is -2.08. The number of hydrogen-bond acceptors (Lipinski definition) is 7. The highest BCUT2D eigenvalue weighted by Gasteiger charge is 2.17. The Hall–Kier alpha value is -3.57. The Bertz CT molecular complexity index is 1190. The van der Waals surface area contributed by atoms with Crippen molar-refractivity contribution in [2.24, 2.45) is 0 Å². The quantitative estimate of drug-likeness (QED) is 0.509. The number of Topliss-reactive ketones (excluding diaryl/α,β-unsaturated/α-hetero) is 1. The van der Waals surface area contributed by atoms with E-state index in [4.69, 9.17) is 9.47 Å². The summed E-state index contributed by atoms with van der Waals surface area (Å²) in [6.07, 6.45) is 0. The molecule has 1 aromatic heterocycles. The van der Waals surface area contributed by atoms with E-state index in [1.807, 2.05) is 0 Å². The minimum atomic E-state index is -0.257. The van der Waals surface area contributed by atoms with Crippen molar-refractivity contribution in [3.05, 3.63) is 53.6 Å². The molecule has 29 heavy (non-hydrogen) atoms. The highest BCUT2D eigenvalue weighted by atomic mass is 32.2. The lowest BCUT2D eigenvalue weighted by Crippen LogP contribution is -2.14. The number of carbonyl (C=O) groups excluding carboxylic acids is 2. The van der Waals surface area contributed by atoms with Crippen LogP contribution in [0.5, 0.6) is 11.5 Å². The number of fused-ring (bicyclic) bond motifs is 2. The first kappa shape index (κ1) is 18.8. The van der Waals surface area contributed by atoms with Crippen molar-refractivity contribution in [3.63, 3.8) is 0 Å². The number of nitrogens with one attached hydrogen (secondary N) is 1. The fraction of sp³-hybridized carbons (Fsp3) is 0.143. The van der Waals surface area contributed by atoms with E-state index < -0.39 is 0 Å². The largest absolute Gasteiger partial charge is 0.454 e. The van der Waals surface area contributed by atoms with Gasteiger partial charge in [0.2, 0.25) is 12.7 Å². The van der Waals surface area contributed by atoms with Crippen LogP contribution in [0.4, 0.5) is 5.69 Å². The van der Waals surface area contributed by atoms with E-state index in [0.29, 0.717) is 38.9 Å². The summed E-state index contributed by atoms with van der Waals surface area (Å²) in [6, 6.07) is 14.1. The molecule has 1 N–H and O–H groups in total. The second kappa shape index (κ2) is 7.81. The molecule has 1 aliphatic rings. The summed E-state index contributed by atoms with van der Waals surface area (Å²) in [5.41, 5.74) is 2.11. The van der Waals surface area contributed by atoms with E-state index in [1.54, 1.807) is 42.5 Å². The van der Waals surface area contributed by atoms with Gasteiger partial charge in [-0.2, -0.15) is 5.26 Å². The first-order valence-corrected chi connectivity index (χ1v) is 9.70. The lowest BCUT2D eigenvalue weighted by molar-refractivity contribution is -0.113. The normalized spacial score (nSPS) is 11.9. The third-order valence-corrected chi connectivity index (χ3v) is 5.28. The van der Waals surface area contributed by atoms with Crippen LogP contribution in [-0.4, -0.2) is 29.2 Å². The van der Waals surface area contributed by atoms with Crippen LogP contribution in [0.3, 0.4) is 0 Å². The molecule has 3 aromatic rings. The van der Waals surface area contributed by atoms with Gasteiger partial charge in [-0.15, -0.1) is 0 Å². The number of pyridine rings is 1. The average Bonchev–Trinajstić information content (AvgIpc) is 3.17. The molecule has 7 nitrogen and oxygen atoms in total. The standard InChI is InChI=1S/C21H15N3O4S/c1-12(25)13-3-2-4-16(6-13)23-20(26)10-29-21-15(9-22)5-14-7-18-19(28-11-27-18)8-17(14)24-21/h2-8H,10-11H2,1H3,(H,23,26). The van der Waals surface area contributed by atoms with E-state index in [0.717, 1.165) is 5.39 Å². The number of ether oxygens (including phenoxy) is 2. The number of rotatable bonds is 5. The molecule has 0 fully saturated rings. The van der Waals surface area contributed by atoms with E-state index in [9.17, 15) is 14.9 Å². The minimum absolute atomic E-state index is 0.0715. The predicted octanol–water partition coefficient (Wildman–Crippen LogP) is 3.77. The molecule has 0 bridgehead atoms. The molecule has 0 spiro atoms. The first-order chi connectivity index (χ1) is 14.0. The van der Waals surface area contributed by atoms with Gasteiger partial charge in [0.05, 0.1) is 16.8 Å². The summed E-state index contributed by atoms with van der Waals surface area (Å²) >= 11 is 1.17. The molecule has 1 amide bonds. The Kier molecular flexibility index (Phi) is 5.06. The molecule has 2 heterocycles. The Morgan fingerprint density at radius 2 is 2.00 bits per heavy atom. The zero-order valence-corrected chi connectivity index (χ0v) is 16.2. The van der Waals surface area contributed by atoms with E-state index in [-0.39, 0.29) is 24.2 Å². The maximum absolute atomic E-state index is 12.3. The second-order valence-corrected chi connectivity index (χ2v) is 7.29. The van der Waals surface area contributed by atoms with Gasteiger partial charge in [-0.3, -0.25) is 9.59 Å². The van der Waals surface area contributed by atoms with Crippen LogP contribution in [-0.2, 0) is 4.79 Å². The number of carbonyl (C=O) groups is 2. The van der Waals surface area contributed by atoms with Gasteiger partial charge in [0, 0.05) is 22.7 Å². The number of nitrogens with zero attached hydrogens (tertiary/aromatic N) is 2. The van der Waals surface area contributed by atoms with Gasteiger partial charge >= 0.3 is 0 Å². The van der Waals surface area contributed by atoms with E-state index in [1.165, 1.54) is 18.7 Å². The molecular weight excluding hydrogens is 390 g/mol. The Balaban J connectivity index is 1.51. The van der Waals surface area contributed by atoms with E-state index >= 15 is 0 Å². The van der Waals surface area contributed by atoms with Crippen LogP contribution in [0.1, 0.15) is 22.8 Å². The molecule has 0 saturated heterocycles. The van der Waals surface area contributed by atoms with Gasteiger partial charge in [-0.25, -0.2) is 4.98 Å². The number of ketones is 1. The van der Waals surface area contributed by atoms with Crippen LogP contribution in [0.15, 0.2) is 47.5 Å². The third-order valence-electron chi connectivity index (χ3n) is 4.29. The van der Waals surface area contributed by atoms with Gasteiger partial charge in [0.1, 0.15) is 11.1 Å². The van der Waals surface area contributed by atoms with Crippen molar-refractivity contribution < 1.29 is 19.1 Å². The molecule has 0 aliphatic carbocycles. The van der Waals surface area contributed by atoms with Crippen LogP contribution in [0.2, 0.25) is 0 Å². The van der Waals surface area contributed by atoms with Crippen molar-refractivity contribution in [1.82, 2.24) is 4.98 Å². The topological polar surface area (TPSA) is 101 Å². The van der Waals surface area contributed by atoms with E-state index in [2.05, 4.69) is 16.4 Å². The first-order valence-electron chi connectivity index (χ1n) is 8.71. The number of nitriles is 1. The van der Waals surface area contributed by atoms with Crippen molar-refractivity contribution >= 4 is 40.0 Å². The predicted molar refractivity (Wildman–Crippen MR) is 108 cm³/mol. The fourth-order valence-corrected chi connectivity index (χ4v) is 3.65. The molecule has 0 saturated carbocycles. The number of thioether (sulfide) groups is 1. The Labute approximate surface area is 170 Å². The zero-order valence-electron chi connectivity index (χ0n) is 15.4. The monoisotopic (exact) mass is 405 g/mol. The number of aromatic nitrogens is 1. The number of hydrogen-bond donors (Lipinski definition) is 1. The molecule has 1 aliphatic heterocycles. The SMILES string of the molecule is CC(=O)c1cccc(NC(=O)CSc2nc3cc4c(cc3cc2C#N)OCO4)c1. The van der Waals surface area contributed by atoms with Gasteiger partial charge in [-0.05, 0) is 31.2 Å². The average molecular weight is 405 g/mol. The van der Waals surface area contributed by atoms with Gasteiger partial charge in [0.25, 0.3) is 0 Å². The van der Waals surface area contributed by atoms with Crippen LogP contribution in [0.25, 0.3) is 10.9 Å². The zero-order chi connectivity index (χ0) is 20.4. The summed E-state index contributed by atoms with van der Waals surface area (Å²) in [7, 11) is 0. The highest BCUT2D eigenvalue weighted by Crippen LogP contribution is 2.36. The minimum Gasteiger partial charge on any atom is -0.454 e. The summed E-state index contributed by atoms with van der Waals surface area (Å²) < 4.78 is 10.7. The summed E-state index contributed by atoms with van der Waals surface area (Å²) in [4.78, 5) is 28.3. The molecule has 144 valence electrons. The van der Waals surface area contributed by atoms with Crippen molar-refractivity contribution in [3.8, 4) is 17.6 Å². The molecule has 0 atom stereocenters. The lowest BCUT2D eigenvalue weighted by atomic mass is 10.1. The maximum atomic E-state index is 12.3. The van der Waals surface area contributed by atoms with Gasteiger partial charge in [0.15, 0.2) is 17.3 Å². The molecule has 8 heteroatoms. The highest BCUT2D eigenvalue weighted by molar-refractivity contribution is 8.00. The molecule has 4 rings (SSSR count). The number of anilines is 1. The number of amides is 1. The third kappa shape index (κ3) is 4.00. The van der Waals surface area contributed by atoms with Crippen molar-refractivity contribution in [1.29, 1.82) is 5.26 Å². The summed E-state index contributed by atoms with van der Waals surface area (Å²) in [5, 5.41) is 13.4.